The van der Waals surface area contributed by atoms with Gasteiger partial charge >= 0.3 is 17.9 Å². The Hall–Kier alpha value is -2.49. The lowest BCUT2D eigenvalue weighted by atomic mass is 10.1. The van der Waals surface area contributed by atoms with Gasteiger partial charge in [0.15, 0.2) is 0 Å². The summed E-state index contributed by atoms with van der Waals surface area (Å²) in [4.78, 5) is 43.1. The summed E-state index contributed by atoms with van der Waals surface area (Å²) in [6.07, 6.45) is 0.250. The van der Waals surface area contributed by atoms with Gasteiger partial charge in [0.05, 0.1) is 26.6 Å². The number of hydrogen-bond acceptors (Lipinski definition) is 9. The Morgan fingerprint density at radius 1 is 0.649 bits per heavy atom. The van der Waals surface area contributed by atoms with E-state index < -0.39 is 11.2 Å². The van der Waals surface area contributed by atoms with Crippen molar-refractivity contribution in [3.05, 3.63) is 35.4 Å². The van der Waals surface area contributed by atoms with Crippen LogP contribution in [0.4, 0.5) is 0 Å². The van der Waals surface area contributed by atoms with E-state index in [1.165, 1.54) is 7.11 Å². The van der Waals surface area contributed by atoms with Gasteiger partial charge in [0, 0.05) is 45.8 Å². The van der Waals surface area contributed by atoms with Gasteiger partial charge in [-0.15, -0.1) is 0 Å². The molecule has 2 rings (SSSR count). The second-order valence-corrected chi connectivity index (χ2v) is 11.6. The van der Waals surface area contributed by atoms with E-state index in [9.17, 15) is 14.4 Å². The molecule has 1 heterocycles. The summed E-state index contributed by atoms with van der Waals surface area (Å²) in [6.45, 7) is 16.6. The second-order valence-electron chi connectivity index (χ2n) is 11.6. The maximum Gasteiger partial charge on any atom is 0.320 e. The Morgan fingerprint density at radius 2 is 1.03 bits per heavy atom. The van der Waals surface area contributed by atoms with E-state index in [1.807, 2.05) is 65.8 Å². The normalized spacial score (nSPS) is 16.8. The first-order chi connectivity index (χ1) is 17.2. The summed E-state index contributed by atoms with van der Waals surface area (Å²) in [5, 5.41) is 0. The van der Waals surface area contributed by atoms with E-state index in [0.717, 1.165) is 30.8 Å². The Labute approximate surface area is 222 Å². The average molecular weight is 520 g/mol. The maximum absolute atomic E-state index is 12.5. The molecule has 0 bridgehead atoms. The van der Waals surface area contributed by atoms with Gasteiger partial charge in [-0.3, -0.25) is 29.1 Å². The number of rotatable bonds is 8. The Bertz CT molecular complexity index is 847. The molecule has 1 saturated heterocycles. The molecule has 0 saturated carbocycles. The van der Waals surface area contributed by atoms with Crippen molar-refractivity contribution in [1.29, 1.82) is 0 Å². The molecule has 0 aliphatic carbocycles. The third-order valence-corrected chi connectivity index (χ3v) is 5.75. The molecule has 0 amide bonds. The minimum atomic E-state index is -0.536. The predicted octanol–water partition coefficient (Wildman–Crippen LogP) is 2.51. The lowest BCUT2D eigenvalue weighted by Gasteiger charge is -2.27. The van der Waals surface area contributed by atoms with Gasteiger partial charge in [-0.1, -0.05) is 24.3 Å². The van der Waals surface area contributed by atoms with Crippen LogP contribution in [0.3, 0.4) is 0 Å². The van der Waals surface area contributed by atoms with Crippen molar-refractivity contribution in [3.63, 3.8) is 0 Å². The largest absolute Gasteiger partial charge is 0.469 e. The molecule has 208 valence electrons. The van der Waals surface area contributed by atoms with E-state index in [1.54, 1.807) is 0 Å². The molecule has 0 atom stereocenters. The van der Waals surface area contributed by atoms with E-state index in [2.05, 4.69) is 14.7 Å². The first-order valence-corrected chi connectivity index (χ1v) is 13.0. The monoisotopic (exact) mass is 519 g/mol. The first kappa shape index (κ1) is 30.7. The fourth-order valence-electron chi connectivity index (χ4n) is 4.03. The van der Waals surface area contributed by atoms with Crippen LogP contribution >= 0.6 is 0 Å². The fraction of sp³-hybridized carbons (Fsp3) is 0.679. The summed E-state index contributed by atoms with van der Waals surface area (Å²) in [7, 11) is 1.39. The molecule has 0 aromatic heterocycles. The highest BCUT2D eigenvalue weighted by Gasteiger charge is 2.24. The van der Waals surface area contributed by atoms with Crippen LogP contribution < -0.4 is 0 Å². The molecular formula is C28H45N3O6. The van der Waals surface area contributed by atoms with Gasteiger partial charge in [-0.2, -0.15) is 0 Å². The van der Waals surface area contributed by atoms with Gasteiger partial charge < -0.3 is 14.2 Å². The number of carbonyl (C=O) groups is 3. The van der Waals surface area contributed by atoms with Gasteiger partial charge in [-0.05, 0) is 52.7 Å². The zero-order valence-electron chi connectivity index (χ0n) is 23.7. The van der Waals surface area contributed by atoms with Crippen LogP contribution in [0.15, 0.2) is 24.3 Å². The highest BCUT2D eigenvalue weighted by Crippen LogP contribution is 2.13. The SMILES string of the molecule is COC(=O)Cc1ccc(CN2CCN(CC(=O)OC(C)(C)C)CCN(CC(=O)OC(C)(C)C)CC2)cc1. The van der Waals surface area contributed by atoms with E-state index in [4.69, 9.17) is 14.2 Å². The lowest BCUT2D eigenvalue weighted by molar-refractivity contribution is -0.158. The number of esters is 3. The Morgan fingerprint density at radius 3 is 1.41 bits per heavy atom. The number of benzene rings is 1. The molecule has 1 aliphatic rings. The molecular weight excluding hydrogens is 474 g/mol. The standard InChI is InChI=1S/C28H45N3O6/c1-27(2,3)36-25(33)20-30-14-12-29(19-23-10-8-22(9-11-23)18-24(32)35-7)13-15-31(17-16-30)21-26(34)37-28(4,5)6/h8-11H,12-21H2,1-7H3. The van der Waals surface area contributed by atoms with Crippen LogP contribution in [0.2, 0.25) is 0 Å². The smallest absolute Gasteiger partial charge is 0.320 e. The van der Waals surface area contributed by atoms with Gasteiger partial charge in [0.1, 0.15) is 11.2 Å². The molecule has 37 heavy (non-hydrogen) atoms. The average Bonchev–Trinajstić information content (AvgIpc) is 2.84. The lowest BCUT2D eigenvalue weighted by Crippen LogP contribution is -2.42. The predicted molar refractivity (Wildman–Crippen MR) is 142 cm³/mol. The number of carbonyl (C=O) groups excluding carboxylic acids is 3. The molecule has 0 radical (unpaired) electrons. The van der Waals surface area contributed by atoms with Crippen LogP contribution in [0, 0.1) is 0 Å². The molecule has 1 aliphatic heterocycles. The molecule has 1 aromatic rings. The Kier molecular flexibility index (Phi) is 11.5. The van der Waals surface area contributed by atoms with Crippen molar-refractivity contribution in [1.82, 2.24) is 14.7 Å². The zero-order valence-corrected chi connectivity index (χ0v) is 23.7. The van der Waals surface area contributed by atoms with Gasteiger partial charge in [0.25, 0.3) is 0 Å². The van der Waals surface area contributed by atoms with Crippen LogP contribution in [0.1, 0.15) is 52.7 Å². The minimum absolute atomic E-state index is 0.202. The van der Waals surface area contributed by atoms with Crippen LogP contribution in [-0.4, -0.2) is 103 Å². The molecule has 0 spiro atoms. The first-order valence-electron chi connectivity index (χ1n) is 13.0. The van der Waals surface area contributed by atoms with Crippen molar-refractivity contribution < 1.29 is 28.6 Å². The quantitative estimate of drug-likeness (QED) is 0.380. The third kappa shape index (κ3) is 13.0. The fourth-order valence-corrected chi connectivity index (χ4v) is 4.03. The number of nitrogens with zero attached hydrogens (tertiary/aromatic N) is 3. The third-order valence-electron chi connectivity index (χ3n) is 5.75. The highest BCUT2D eigenvalue weighted by atomic mass is 16.6. The number of hydrogen-bond donors (Lipinski definition) is 0. The van der Waals surface area contributed by atoms with Crippen molar-refractivity contribution in [2.24, 2.45) is 0 Å². The second kappa shape index (κ2) is 13.9. The van der Waals surface area contributed by atoms with E-state index in [-0.39, 0.29) is 37.4 Å². The van der Waals surface area contributed by atoms with Crippen LogP contribution in [-0.2, 0) is 41.6 Å². The Balaban J connectivity index is 2.09. The summed E-state index contributed by atoms with van der Waals surface area (Å²) < 4.78 is 15.8. The zero-order chi connectivity index (χ0) is 27.6. The van der Waals surface area contributed by atoms with Crippen molar-refractivity contribution in [3.8, 4) is 0 Å². The molecule has 1 fully saturated rings. The maximum atomic E-state index is 12.5. The summed E-state index contributed by atoms with van der Waals surface area (Å²) >= 11 is 0. The number of ether oxygens (including phenoxy) is 3. The minimum Gasteiger partial charge on any atom is -0.469 e. The van der Waals surface area contributed by atoms with Crippen molar-refractivity contribution in [2.45, 2.75) is 65.7 Å². The summed E-state index contributed by atoms with van der Waals surface area (Å²) in [5.41, 5.74) is 0.967. The summed E-state index contributed by atoms with van der Waals surface area (Å²) in [5.74, 6) is -0.765. The molecule has 0 N–H and O–H groups in total. The van der Waals surface area contributed by atoms with Gasteiger partial charge in [-0.25, -0.2) is 0 Å². The highest BCUT2D eigenvalue weighted by molar-refractivity contribution is 5.73. The van der Waals surface area contributed by atoms with Crippen molar-refractivity contribution in [2.75, 3.05) is 59.5 Å². The molecule has 0 unspecified atom stereocenters. The van der Waals surface area contributed by atoms with E-state index >= 15 is 0 Å². The summed E-state index contributed by atoms with van der Waals surface area (Å²) in [6, 6.07) is 7.96. The van der Waals surface area contributed by atoms with Crippen molar-refractivity contribution >= 4 is 17.9 Å². The van der Waals surface area contributed by atoms with Crippen LogP contribution in [0.5, 0.6) is 0 Å². The van der Waals surface area contributed by atoms with E-state index in [0.29, 0.717) is 26.2 Å². The molecule has 9 heteroatoms. The molecule has 1 aromatic carbocycles. The van der Waals surface area contributed by atoms with Gasteiger partial charge in [0.2, 0.25) is 0 Å². The topological polar surface area (TPSA) is 88.6 Å². The molecule has 9 nitrogen and oxygen atoms in total. The number of methoxy groups -OCH3 is 1. The van der Waals surface area contributed by atoms with Crippen LogP contribution in [0.25, 0.3) is 0 Å².